The lowest BCUT2D eigenvalue weighted by Crippen LogP contribution is -2.41. The molecule has 1 aromatic rings. The van der Waals surface area contributed by atoms with Crippen LogP contribution in [0.3, 0.4) is 0 Å². The number of hydrogen-bond acceptors (Lipinski definition) is 4. The fourth-order valence-electron chi connectivity index (χ4n) is 2.44. The Morgan fingerprint density at radius 3 is 2.87 bits per heavy atom. The molecule has 0 radical (unpaired) electrons. The number of nitrogens with zero attached hydrogens (tertiary/aromatic N) is 1. The van der Waals surface area contributed by atoms with E-state index < -0.39 is 10.0 Å². The molecule has 6 nitrogen and oxygen atoms in total. The first kappa shape index (κ1) is 18.2. The van der Waals surface area contributed by atoms with Crippen molar-refractivity contribution in [3.63, 3.8) is 0 Å². The van der Waals surface area contributed by atoms with Crippen molar-refractivity contribution in [2.24, 2.45) is 0 Å². The third-order valence-electron chi connectivity index (χ3n) is 3.67. The highest BCUT2D eigenvalue weighted by Crippen LogP contribution is 2.15. The van der Waals surface area contributed by atoms with E-state index in [2.05, 4.69) is 4.72 Å². The minimum absolute atomic E-state index is 0.0448. The largest absolute Gasteiger partial charge is 0.376 e. The average Bonchev–Trinajstić information content (AvgIpc) is 2.99. The second-order valence-electron chi connectivity index (χ2n) is 5.46. The van der Waals surface area contributed by atoms with Gasteiger partial charge in [-0.05, 0) is 31.0 Å². The van der Waals surface area contributed by atoms with Crippen LogP contribution in [-0.4, -0.2) is 51.6 Å². The Hall–Kier alpha value is -1.15. The average molecular weight is 361 g/mol. The maximum atomic E-state index is 12.2. The van der Waals surface area contributed by atoms with Crippen LogP contribution >= 0.6 is 11.6 Å². The highest BCUT2D eigenvalue weighted by atomic mass is 35.5. The predicted octanol–water partition coefficient (Wildman–Crippen LogP) is 1.65. The first-order valence-electron chi connectivity index (χ1n) is 7.51. The van der Waals surface area contributed by atoms with E-state index in [4.69, 9.17) is 16.3 Å². The van der Waals surface area contributed by atoms with Gasteiger partial charge in [0.25, 0.3) is 0 Å². The van der Waals surface area contributed by atoms with Crippen LogP contribution in [0.15, 0.2) is 29.2 Å². The number of carbonyl (C=O) groups excluding carboxylic acids is 1. The smallest absolute Gasteiger partial charge is 0.240 e. The van der Waals surface area contributed by atoms with E-state index in [0.717, 1.165) is 19.4 Å². The minimum Gasteiger partial charge on any atom is -0.376 e. The van der Waals surface area contributed by atoms with Gasteiger partial charge in [0.2, 0.25) is 15.9 Å². The molecule has 0 bridgehead atoms. The molecule has 1 fully saturated rings. The zero-order chi connectivity index (χ0) is 16.9. The molecule has 0 saturated carbocycles. The van der Waals surface area contributed by atoms with Crippen LogP contribution in [0, 0.1) is 0 Å². The van der Waals surface area contributed by atoms with Crippen LogP contribution in [0.1, 0.15) is 19.8 Å². The van der Waals surface area contributed by atoms with E-state index in [0.29, 0.717) is 18.1 Å². The van der Waals surface area contributed by atoms with Gasteiger partial charge in [0.05, 0.1) is 11.0 Å². The molecular weight excluding hydrogens is 340 g/mol. The first-order valence-corrected chi connectivity index (χ1v) is 9.37. The van der Waals surface area contributed by atoms with Gasteiger partial charge in [-0.15, -0.1) is 0 Å². The molecular formula is C15H21ClN2O4S. The highest BCUT2D eigenvalue weighted by Gasteiger charge is 2.21. The molecule has 1 heterocycles. The zero-order valence-electron chi connectivity index (χ0n) is 13.0. The molecule has 1 aliphatic rings. The predicted molar refractivity (Wildman–Crippen MR) is 87.9 cm³/mol. The van der Waals surface area contributed by atoms with E-state index in [1.807, 2.05) is 0 Å². The van der Waals surface area contributed by atoms with Crippen molar-refractivity contribution >= 4 is 27.5 Å². The number of halogens is 1. The topological polar surface area (TPSA) is 75.7 Å². The molecule has 1 amide bonds. The fraction of sp³-hybridized carbons (Fsp3) is 0.533. The number of sulfonamides is 1. The van der Waals surface area contributed by atoms with E-state index in [-0.39, 0.29) is 23.5 Å². The Morgan fingerprint density at radius 1 is 1.48 bits per heavy atom. The van der Waals surface area contributed by atoms with E-state index in [1.165, 1.54) is 19.1 Å². The fourth-order valence-corrected chi connectivity index (χ4v) is 3.77. The highest BCUT2D eigenvalue weighted by molar-refractivity contribution is 7.89. The summed E-state index contributed by atoms with van der Waals surface area (Å²) in [5.41, 5.74) is 0. The molecule has 0 spiro atoms. The number of ether oxygens (including phenoxy) is 1. The van der Waals surface area contributed by atoms with Gasteiger partial charge in [-0.25, -0.2) is 13.1 Å². The number of benzene rings is 1. The van der Waals surface area contributed by atoms with Crippen LogP contribution in [0.25, 0.3) is 0 Å². The van der Waals surface area contributed by atoms with Gasteiger partial charge in [-0.3, -0.25) is 4.79 Å². The number of hydrogen-bond donors (Lipinski definition) is 1. The molecule has 0 aromatic heterocycles. The summed E-state index contributed by atoms with van der Waals surface area (Å²) in [5, 5.41) is 0.358. The van der Waals surface area contributed by atoms with Crippen molar-refractivity contribution in [3.8, 4) is 0 Å². The quantitative estimate of drug-likeness (QED) is 0.802. The number of carbonyl (C=O) groups is 1. The second-order valence-corrected chi connectivity index (χ2v) is 7.66. The molecule has 128 valence electrons. The van der Waals surface area contributed by atoms with Crippen molar-refractivity contribution in [1.29, 1.82) is 0 Å². The Morgan fingerprint density at radius 2 is 2.26 bits per heavy atom. The monoisotopic (exact) mass is 360 g/mol. The van der Waals surface area contributed by atoms with Crippen molar-refractivity contribution in [1.82, 2.24) is 9.62 Å². The van der Waals surface area contributed by atoms with E-state index >= 15 is 0 Å². The summed E-state index contributed by atoms with van der Waals surface area (Å²) >= 11 is 5.81. The zero-order valence-corrected chi connectivity index (χ0v) is 14.6. The molecule has 1 N–H and O–H groups in total. The molecule has 1 saturated heterocycles. The Balaban J connectivity index is 1.89. The van der Waals surface area contributed by atoms with Crippen LogP contribution in [0.4, 0.5) is 0 Å². The molecule has 8 heteroatoms. The Kier molecular flexibility index (Phi) is 6.41. The van der Waals surface area contributed by atoms with Gasteiger partial charge in [0.15, 0.2) is 0 Å². The summed E-state index contributed by atoms with van der Waals surface area (Å²) < 4.78 is 32.4. The van der Waals surface area contributed by atoms with Gasteiger partial charge in [0, 0.05) is 38.2 Å². The van der Waals surface area contributed by atoms with Gasteiger partial charge in [-0.2, -0.15) is 0 Å². The normalized spacial score (nSPS) is 18.1. The molecule has 1 unspecified atom stereocenters. The van der Waals surface area contributed by atoms with Gasteiger partial charge in [-0.1, -0.05) is 17.7 Å². The van der Waals surface area contributed by atoms with Crippen molar-refractivity contribution in [2.75, 3.05) is 26.2 Å². The summed E-state index contributed by atoms with van der Waals surface area (Å²) in [6.45, 7) is 3.13. The van der Waals surface area contributed by atoms with Crippen molar-refractivity contribution in [3.05, 3.63) is 29.3 Å². The maximum Gasteiger partial charge on any atom is 0.240 e. The maximum absolute atomic E-state index is 12.2. The van der Waals surface area contributed by atoms with E-state index in [1.54, 1.807) is 17.0 Å². The van der Waals surface area contributed by atoms with Gasteiger partial charge in [0.1, 0.15) is 0 Å². The number of nitrogens with one attached hydrogen (secondary N) is 1. The molecule has 23 heavy (non-hydrogen) atoms. The molecule has 0 aliphatic carbocycles. The lowest BCUT2D eigenvalue weighted by molar-refractivity contribution is -0.130. The third kappa shape index (κ3) is 5.46. The standard InChI is InChI=1S/C15H21ClN2O4S/c1-12(19)18(11-14-5-3-9-22-14)8-7-17-23(20,21)15-6-2-4-13(16)10-15/h2,4,6,10,14,17H,3,5,7-9,11H2,1H3. The van der Waals surface area contributed by atoms with Crippen LogP contribution in [0.5, 0.6) is 0 Å². The number of rotatable bonds is 7. The van der Waals surface area contributed by atoms with Crippen molar-refractivity contribution < 1.29 is 17.9 Å². The number of amides is 1. The lowest BCUT2D eigenvalue weighted by Gasteiger charge is -2.24. The van der Waals surface area contributed by atoms with Gasteiger partial charge < -0.3 is 9.64 Å². The molecule has 1 aromatic carbocycles. The lowest BCUT2D eigenvalue weighted by atomic mass is 10.2. The van der Waals surface area contributed by atoms with Crippen molar-refractivity contribution in [2.45, 2.75) is 30.8 Å². The SMILES string of the molecule is CC(=O)N(CCNS(=O)(=O)c1cccc(Cl)c1)CC1CCCO1. The first-order chi connectivity index (χ1) is 10.9. The minimum atomic E-state index is -3.64. The van der Waals surface area contributed by atoms with Crippen LogP contribution < -0.4 is 4.72 Å². The Labute approximate surface area is 141 Å². The summed E-state index contributed by atoms with van der Waals surface area (Å²) in [7, 11) is -3.64. The van der Waals surface area contributed by atoms with Crippen LogP contribution in [-0.2, 0) is 19.6 Å². The summed E-state index contributed by atoms with van der Waals surface area (Å²) in [6.07, 6.45) is 1.97. The van der Waals surface area contributed by atoms with E-state index in [9.17, 15) is 13.2 Å². The molecule has 1 atom stereocenters. The molecule has 2 rings (SSSR count). The summed E-state index contributed by atoms with van der Waals surface area (Å²) in [4.78, 5) is 13.4. The van der Waals surface area contributed by atoms with Gasteiger partial charge >= 0.3 is 0 Å². The molecule has 1 aliphatic heterocycles. The van der Waals surface area contributed by atoms with Crippen LogP contribution in [0.2, 0.25) is 5.02 Å². The Bertz CT molecular complexity index is 645. The second kappa shape index (κ2) is 8.10. The third-order valence-corrected chi connectivity index (χ3v) is 5.37. The summed E-state index contributed by atoms with van der Waals surface area (Å²) in [5.74, 6) is -0.0950. The summed E-state index contributed by atoms with van der Waals surface area (Å²) in [6, 6.07) is 6.05.